The lowest BCUT2D eigenvalue weighted by molar-refractivity contribution is 0.0200. The summed E-state index contributed by atoms with van der Waals surface area (Å²) in [6.45, 7) is 1.87. The molecule has 0 saturated carbocycles. The number of hydrogen-bond acceptors (Lipinski definition) is 4. The van der Waals surface area contributed by atoms with Crippen molar-refractivity contribution in [2.75, 3.05) is 39.0 Å². The molecule has 2 aromatic rings. The van der Waals surface area contributed by atoms with Crippen molar-refractivity contribution in [3.05, 3.63) is 35.8 Å². The second-order valence-electron chi connectivity index (χ2n) is 7.34. The Morgan fingerprint density at radius 1 is 1.29 bits per heavy atom. The Bertz CT molecular complexity index is 961. The molecule has 1 aromatic carbocycles. The summed E-state index contributed by atoms with van der Waals surface area (Å²) in [6.07, 6.45) is 5.56. The predicted molar refractivity (Wildman–Crippen MR) is 132 cm³/mol. The van der Waals surface area contributed by atoms with Gasteiger partial charge in [0.25, 0.3) is 0 Å². The van der Waals surface area contributed by atoms with Crippen LogP contribution in [0.15, 0.2) is 29.4 Å². The summed E-state index contributed by atoms with van der Waals surface area (Å²) in [7, 11) is -1.74. The summed E-state index contributed by atoms with van der Waals surface area (Å²) in [4.78, 5) is 7.19. The fourth-order valence-corrected chi connectivity index (χ4v) is 4.42. The average Bonchev–Trinajstić information content (AvgIpc) is 3.14. The molecule has 1 aliphatic rings. The molecule has 1 saturated heterocycles. The molecule has 1 fully saturated rings. The van der Waals surface area contributed by atoms with Gasteiger partial charge in [0.15, 0.2) is 5.96 Å². The number of benzene rings is 1. The summed E-state index contributed by atoms with van der Waals surface area (Å²) < 4.78 is 45.8. The van der Waals surface area contributed by atoms with Crippen LogP contribution in [0, 0.1) is 5.82 Å². The SMILES string of the molecule is CN=C(NCCc1c[nH]c2cc(F)ccc12)NCCS(=O)(=O)NCC1CCCCO1.I. The number of guanidine groups is 1. The Hall–Kier alpha value is -1.44. The maximum absolute atomic E-state index is 13.3. The fraction of sp³-hybridized carbons (Fsp3) is 0.550. The van der Waals surface area contributed by atoms with Crippen LogP contribution in [0.25, 0.3) is 10.9 Å². The molecule has 0 radical (unpaired) electrons. The van der Waals surface area contributed by atoms with E-state index in [-0.39, 0.29) is 48.2 Å². The number of nitrogens with zero attached hydrogens (tertiary/aromatic N) is 1. The van der Waals surface area contributed by atoms with E-state index in [2.05, 4.69) is 25.3 Å². The van der Waals surface area contributed by atoms with Gasteiger partial charge < -0.3 is 20.4 Å². The lowest BCUT2D eigenvalue weighted by Gasteiger charge is -2.22. The third-order valence-corrected chi connectivity index (χ3v) is 6.46. The third-order valence-electron chi connectivity index (χ3n) is 5.11. The molecule has 0 spiro atoms. The van der Waals surface area contributed by atoms with Gasteiger partial charge in [-0.25, -0.2) is 17.5 Å². The number of nitrogens with one attached hydrogen (secondary N) is 4. The summed E-state index contributed by atoms with van der Waals surface area (Å²) in [5.74, 6) is 0.218. The zero-order valence-corrected chi connectivity index (χ0v) is 20.8. The van der Waals surface area contributed by atoms with E-state index in [1.807, 2.05) is 6.20 Å². The van der Waals surface area contributed by atoms with Crippen molar-refractivity contribution in [3.63, 3.8) is 0 Å². The van der Waals surface area contributed by atoms with Gasteiger partial charge in [0.2, 0.25) is 10.0 Å². The van der Waals surface area contributed by atoms with Gasteiger partial charge in [-0.1, -0.05) is 0 Å². The molecule has 0 aliphatic carbocycles. The molecule has 1 aliphatic heterocycles. The topological polar surface area (TPSA) is 108 Å². The number of halogens is 2. The van der Waals surface area contributed by atoms with E-state index >= 15 is 0 Å². The van der Waals surface area contributed by atoms with Crippen LogP contribution < -0.4 is 15.4 Å². The molecule has 1 atom stereocenters. The van der Waals surface area contributed by atoms with Gasteiger partial charge in [-0.3, -0.25) is 4.99 Å². The normalized spacial score (nSPS) is 17.4. The van der Waals surface area contributed by atoms with Gasteiger partial charge in [-0.05, 0) is 49.4 Å². The highest BCUT2D eigenvalue weighted by Crippen LogP contribution is 2.19. The summed E-state index contributed by atoms with van der Waals surface area (Å²) >= 11 is 0. The minimum atomic E-state index is -3.38. The largest absolute Gasteiger partial charge is 0.377 e. The standard InChI is InChI=1S/C20H30FN5O3S.HI/c1-22-20(23-8-7-15-13-25-19-12-16(21)5-6-18(15)19)24-9-11-30(27,28)26-14-17-4-2-3-10-29-17;/h5-6,12-13,17,25-26H,2-4,7-11,14H2,1H3,(H2,22,23,24);1H. The number of aliphatic imine (C=N–C) groups is 1. The number of sulfonamides is 1. The molecule has 0 amide bonds. The first kappa shape index (κ1) is 25.8. The van der Waals surface area contributed by atoms with Crippen molar-refractivity contribution in [2.45, 2.75) is 31.8 Å². The fourth-order valence-electron chi connectivity index (χ4n) is 3.47. The quantitative estimate of drug-likeness (QED) is 0.211. The van der Waals surface area contributed by atoms with Crippen molar-refractivity contribution in [3.8, 4) is 0 Å². The van der Waals surface area contributed by atoms with Crippen LogP contribution in [-0.4, -0.2) is 64.5 Å². The van der Waals surface area contributed by atoms with Gasteiger partial charge in [0.1, 0.15) is 5.82 Å². The van der Waals surface area contributed by atoms with Crippen molar-refractivity contribution in [1.82, 2.24) is 20.3 Å². The molecule has 1 aromatic heterocycles. The second kappa shape index (κ2) is 12.6. The number of rotatable bonds is 9. The van der Waals surface area contributed by atoms with Crippen LogP contribution >= 0.6 is 24.0 Å². The molecule has 174 valence electrons. The molecule has 31 heavy (non-hydrogen) atoms. The first-order chi connectivity index (χ1) is 14.5. The zero-order valence-electron chi connectivity index (χ0n) is 17.6. The van der Waals surface area contributed by atoms with E-state index < -0.39 is 10.0 Å². The Morgan fingerprint density at radius 2 is 2.10 bits per heavy atom. The average molecular weight is 567 g/mol. The minimum absolute atomic E-state index is 0. The van der Waals surface area contributed by atoms with Gasteiger partial charge in [0.05, 0.1) is 11.9 Å². The molecule has 4 N–H and O–H groups in total. The lowest BCUT2D eigenvalue weighted by Crippen LogP contribution is -2.43. The Kier molecular flexibility index (Phi) is 10.5. The van der Waals surface area contributed by atoms with Gasteiger partial charge in [-0.2, -0.15) is 0 Å². The highest BCUT2D eigenvalue weighted by molar-refractivity contribution is 14.0. The Balaban J connectivity index is 0.00000341. The van der Waals surface area contributed by atoms with E-state index in [1.165, 1.54) is 12.1 Å². The van der Waals surface area contributed by atoms with Gasteiger partial charge in [-0.15, -0.1) is 24.0 Å². The molecule has 0 bridgehead atoms. The van der Waals surface area contributed by atoms with Gasteiger partial charge in [0, 0.05) is 50.4 Å². The number of aromatic amines is 1. The van der Waals surface area contributed by atoms with Crippen molar-refractivity contribution >= 4 is 50.9 Å². The summed E-state index contributed by atoms with van der Waals surface area (Å²) in [5.41, 5.74) is 1.84. The summed E-state index contributed by atoms with van der Waals surface area (Å²) in [6, 6.07) is 4.68. The van der Waals surface area contributed by atoms with Crippen LogP contribution in [0.2, 0.25) is 0 Å². The van der Waals surface area contributed by atoms with Crippen LogP contribution in [0.4, 0.5) is 4.39 Å². The number of aromatic nitrogens is 1. The second-order valence-corrected chi connectivity index (χ2v) is 9.26. The van der Waals surface area contributed by atoms with Crippen LogP contribution in [-0.2, 0) is 21.2 Å². The molecule has 3 rings (SSSR count). The summed E-state index contributed by atoms with van der Waals surface area (Å²) in [5, 5.41) is 7.18. The first-order valence-electron chi connectivity index (χ1n) is 10.3. The molecule has 1 unspecified atom stereocenters. The van der Waals surface area contributed by atoms with Crippen molar-refractivity contribution in [1.29, 1.82) is 0 Å². The third kappa shape index (κ3) is 8.20. The van der Waals surface area contributed by atoms with E-state index in [0.29, 0.717) is 32.1 Å². The molecular formula is C20H31FIN5O3S. The van der Waals surface area contributed by atoms with Crippen LogP contribution in [0.5, 0.6) is 0 Å². The maximum Gasteiger partial charge on any atom is 0.213 e. The minimum Gasteiger partial charge on any atom is -0.377 e. The van der Waals surface area contributed by atoms with Crippen molar-refractivity contribution < 1.29 is 17.5 Å². The van der Waals surface area contributed by atoms with E-state index in [1.54, 1.807) is 13.1 Å². The number of fused-ring (bicyclic) bond motifs is 1. The lowest BCUT2D eigenvalue weighted by atomic mass is 10.1. The molecule has 11 heteroatoms. The van der Waals surface area contributed by atoms with E-state index in [4.69, 9.17) is 4.74 Å². The Labute approximate surface area is 199 Å². The number of H-pyrrole nitrogens is 1. The molecule has 8 nitrogen and oxygen atoms in total. The monoisotopic (exact) mass is 567 g/mol. The van der Waals surface area contributed by atoms with Crippen LogP contribution in [0.3, 0.4) is 0 Å². The predicted octanol–water partition coefficient (Wildman–Crippen LogP) is 2.12. The van der Waals surface area contributed by atoms with Gasteiger partial charge >= 0.3 is 0 Å². The first-order valence-corrected chi connectivity index (χ1v) is 11.9. The highest BCUT2D eigenvalue weighted by Gasteiger charge is 2.17. The zero-order chi connectivity index (χ0) is 21.4. The van der Waals surface area contributed by atoms with E-state index in [9.17, 15) is 12.8 Å². The van der Waals surface area contributed by atoms with Crippen molar-refractivity contribution in [2.24, 2.45) is 4.99 Å². The number of ether oxygens (including phenoxy) is 1. The molecule has 2 heterocycles. The smallest absolute Gasteiger partial charge is 0.213 e. The maximum atomic E-state index is 13.3. The number of hydrogen-bond donors (Lipinski definition) is 4. The highest BCUT2D eigenvalue weighted by atomic mass is 127. The van der Waals surface area contributed by atoms with Crippen LogP contribution in [0.1, 0.15) is 24.8 Å². The molecular weight excluding hydrogens is 536 g/mol. The van der Waals surface area contributed by atoms with E-state index in [0.717, 1.165) is 35.7 Å². The Morgan fingerprint density at radius 3 is 2.84 bits per heavy atom.